The molecule has 1 rings (SSSR count). The van der Waals surface area contributed by atoms with E-state index in [4.69, 9.17) is 18.0 Å². The Bertz CT molecular complexity index is 420. The molecule has 3 N–H and O–H groups in total. The van der Waals surface area contributed by atoms with Gasteiger partial charge in [0.15, 0.2) is 0 Å². The highest BCUT2D eigenvalue weighted by Gasteiger charge is 2.22. The summed E-state index contributed by atoms with van der Waals surface area (Å²) in [7, 11) is 1.90. The third-order valence-corrected chi connectivity index (χ3v) is 3.00. The molecule has 0 unspecified atom stereocenters. The summed E-state index contributed by atoms with van der Waals surface area (Å²) in [6.07, 6.45) is 2.20. The number of rotatable bonds is 5. The first kappa shape index (κ1) is 14.0. The van der Waals surface area contributed by atoms with Crippen LogP contribution in [0, 0.1) is 6.92 Å². The van der Waals surface area contributed by atoms with Crippen molar-refractivity contribution in [2.45, 2.75) is 46.1 Å². The SMILES string of the molecule is CCCC(C)(C)Nc1c(C(N)=S)c(C)nn1C. The fourth-order valence-electron chi connectivity index (χ4n) is 2.10. The summed E-state index contributed by atoms with van der Waals surface area (Å²) in [5.41, 5.74) is 7.49. The van der Waals surface area contributed by atoms with Gasteiger partial charge in [-0.05, 0) is 27.2 Å². The van der Waals surface area contributed by atoms with E-state index in [0.29, 0.717) is 4.99 Å². The minimum absolute atomic E-state index is 0.00845. The molecular formula is C12H22N4S. The van der Waals surface area contributed by atoms with Crippen LogP contribution >= 0.6 is 12.2 Å². The van der Waals surface area contributed by atoms with Gasteiger partial charge >= 0.3 is 0 Å². The van der Waals surface area contributed by atoms with Crippen LogP contribution in [-0.4, -0.2) is 20.3 Å². The number of hydrogen-bond acceptors (Lipinski definition) is 3. The minimum Gasteiger partial charge on any atom is -0.389 e. The molecule has 0 fully saturated rings. The number of thiocarbonyl (C=S) groups is 1. The molecule has 0 amide bonds. The number of nitrogens with two attached hydrogens (primary N) is 1. The van der Waals surface area contributed by atoms with E-state index >= 15 is 0 Å². The monoisotopic (exact) mass is 254 g/mol. The van der Waals surface area contributed by atoms with Gasteiger partial charge in [0.2, 0.25) is 0 Å². The average molecular weight is 254 g/mol. The Morgan fingerprint density at radius 1 is 1.53 bits per heavy atom. The Labute approximate surface area is 109 Å². The Morgan fingerprint density at radius 2 is 2.12 bits per heavy atom. The van der Waals surface area contributed by atoms with Gasteiger partial charge in [-0.3, -0.25) is 4.68 Å². The molecule has 96 valence electrons. The minimum atomic E-state index is 0.00845. The van der Waals surface area contributed by atoms with Gasteiger partial charge in [0.25, 0.3) is 0 Å². The molecule has 0 saturated carbocycles. The third-order valence-electron chi connectivity index (χ3n) is 2.80. The maximum atomic E-state index is 5.76. The quantitative estimate of drug-likeness (QED) is 0.792. The lowest BCUT2D eigenvalue weighted by atomic mass is 9.98. The fraction of sp³-hybridized carbons (Fsp3) is 0.667. The van der Waals surface area contributed by atoms with Gasteiger partial charge in [-0.15, -0.1) is 0 Å². The summed E-state index contributed by atoms with van der Waals surface area (Å²) >= 11 is 5.09. The van der Waals surface area contributed by atoms with E-state index < -0.39 is 0 Å². The van der Waals surface area contributed by atoms with Gasteiger partial charge in [0.05, 0.1) is 11.3 Å². The van der Waals surface area contributed by atoms with Crippen molar-refractivity contribution in [2.75, 3.05) is 5.32 Å². The van der Waals surface area contributed by atoms with Gasteiger partial charge in [-0.1, -0.05) is 25.6 Å². The lowest BCUT2D eigenvalue weighted by Crippen LogP contribution is -2.32. The van der Waals surface area contributed by atoms with Gasteiger partial charge in [0, 0.05) is 12.6 Å². The van der Waals surface area contributed by atoms with E-state index in [2.05, 4.69) is 31.2 Å². The van der Waals surface area contributed by atoms with Crippen molar-refractivity contribution in [3.8, 4) is 0 Å². The molecule has 0 atom stereocenters. The predicted molar refractivity (Wildman–Crippen MR) is 76.4 cm³/mol. The summed E-state index contributed by atoms with van der Waals surface area (Å²) in [5.74, 6) is 0.911. The molecule has 1 aromatic heterocycles. The van der Waals surface area contributed by atoms with Crippen LogP contribution in [0.2, 0.25) is 0 Å². The Kier molecular flexibility index (Phi) is 4.14. The molecule has 0 aromatic carbocycles. The first-order chi connectivity index (χ1) is 7.78. The van der Waals surface area contributed by atoms with E-state index in [1.165, 1.54) is 0 Å². The molecule has 4 nitrogen and oxygen atoms in total. The molecule has 5 heteroatoms. The molecule has 0 saturated heterocycles. The van der Waals surface area contributed by atoms with Crippen molar-refractivity contribution >= 4 is 23.0 Å². The highest BCUT2D eigenvalue weighted by atomic mass is 32.1. The maximum Gasteiger partial charge on any atom is 0.134 e. The van der Waals surface area contributed by atoms with Crippen LogP contribution in [0.5, 0.6) is 0 Å². The van der Waals surface area contributed by atoms with Crippen LogP contribution in [0.25, 0.3) is 0 Å². The first-order valence-electron chi connectivity index (χ1n) is 5.90. The summed E-state index contributed by atoms with van der Waals surface area (Å²) in [6.45, 7) is 8.43. The van der Waals surface area contributed by atoms with Crippen LogP contribution in [0.15, 0.2) is 0 Å². The second-order valence-electron chi connectivity index (χ2n) is 5.06. The average Bonchev–Trinajstić information content (AvgIpc) is 2.40. The zero-order valence-electron chi connectivity index (χ0n) is 11.3. The summed E-state index contributed by atoms with van der Waals surface area (Å²) < 4.78 is 1.81. The fourth-order valence-corrected chi connectivity index (χ4v) is 2.35. The molecule has 0 radical (unpaired) electrons. The molecule has 1 heterocycles. The van der Waals surface area contributed by atoms with E-state index in [-0.39, 0.29) is 5.54 Å². The number of anilines is 1. The van der Waals surface area contributed by atoms with Gasteiger partial charge in [-0.2, -0.15) is 5.10 Å². The third kappa shape index (κ3) is 3.19. The molecule has 0 aliphatic rings. The summed E-state index contributed by atoms with van der Waals surface area (Å²) in [5, 5.41) is 7.85. The van der Waals surface area contributed by atoms with Crippen molar-refractivity contribution < 1.29 is 0 Å². The van der Waals surface area contributed by atoms with Crippen LogP contribution in [0.4, 0.5) is 5.82 Å². The van der Waals surface area contributed by atoms with Crippen molar-refractivity contribution in [3.63, 3.8) is 0 Å². The Balaban J connectivity index is 3.10. The van der Waals surface area contributed by atoms with Gasteiger partial charge < -0.3 is 11.1 Å². The topological polar surface area (TPSA) is 55.9 Å². The zero-order chi connectivity index (χ0) is 13.2. The molecule has 0 spiro atoms. The molecule has 1 aromatic rings. The Morgan fingerprint density at radius 3 is 2.59 bits per heavy atom. The normalized spacial score (nSPS) is 11.6. The van der Waals surface area contributed by atoms with E-state index in [0.717, 1.165) is 29.9 Å². The molecule has 0 aliphatic carbocycles. The Hall–Kier alpha value is -1.10. The lowest BCUT2D eigenvalue weighted by Gasteiger charge is -2.27. The van der Waals surface area contributed by atoms with Gasteiger partial charge in [-0.25, -0.2) is 0 Å². The second-order valence-corrected chi connectivity index (χ2v) is 5.50. The van der Waals surface area contributed by atoms with Crippen molar-refractivity contribution in [3.05, 3.63) is 11.3 Å². The molecule has 0 aliphatic heterocycles. The zero-order valence-corrected chi connectivity index (χ0v) is 12.1. The largest absolute Gasteiger partial charge is 0.389 e. The van der Waals surface area contributed by atoms with E-state index in [9.17, 15) is 0 Å². The standard InChI is InChI=1S/C12H22N4S/c1-6-7-12(3,4)14-11-9(10(13)17)8(2)15-16(11)5/h14H,6-7H2,1-5H3,(H2,13,17). The van der Waals surface area contributed by atoms with Crippen LogP contribution in [-0.2, 0) is 7.05 Å². The molecule has 17 heavy (non-hydrogen) atoms. The number of nitrogens with one attached hydrogen (secondary N) is 1. The highest BCUT2D eigenvalue weighted by molar-refractivity contribution is 7.80. The van der Waals surface area contributed by atoms with E-state index in [1.54, 1.807) is 4.68 Å². The van der Waals surface area contributed by atoms with Crippen LogP contribution < -0.4 is 11.1 Å². The maximum absolute atomic E-state index is 5.76. The second kappa shape index (κ2) is 5.04. The van der Waals surface area contributed by atoms with Crippen molar-refractivity contribution in [1.82, 2.24) is 9.78 Å². The first-order valence-corrected chi connectivity index (χ1v) is 6.31. The number of aryl methyl sites for hydroxylation is 2. The van der Waals surface area contributed by atoms with Crippen molar-refractivity contribution in [2.24, 2.45) is 12.8 Å². The van der Waals surface area contributed by atoms with Crippen LogP contribution in [0.1, 0.15) is 44.9 Å². The van der Waals surface area contributed by atoms with Crippen molar-refractivity contribution in [1.29, 1.82) is 0 Å². The number of aromatic nitrogens is 2. The number of nitrogens with zero attached hydrogens (tertiary/aromatic N) is 2. The van der Waals surface area contributed by atoms with Gasteiger partial charge in [0.1, 0.15) is 10.8 Å². The molecular weight excluding hydrogens is 232 g/mol. The smallest absolute Gasteiger partial charge is 0.134 e. The molecule has 0 bridgehead atoms. The highest BCUT2D eigenvalue weighted by Crippen LogP contribution is 2.24. The summed E-state index contributed by atoms with van der Waals surface area (Å²) in [6, 6.07) is 0. The lowest BCUT2D eigenvalue weighted by molar-refractivity contribution is 0.504. The summed E-state index contributed by atoms with van der Waals surface area (Å²) in [4.78, 5) is 0.394. The predicted octanol–water partition coefficient (Wildman–Crippen LogP) is 2.35. The van der Waals surface area contributed by atoms with Crippen LogP contribution in [0.3, 0.4) is 0 Å². The van der Waals surface area contributed by atoms with E-state index in [1.807, 2.05) is 14.0 Å². The number of hydrogen-bond donors (Lipinski definition) is 2.